The summed E-state index contributed by atoms with van der Waals surface area (Å²) < 4.78 is 32.4. The summed E-state index contributed by atoms with van der Waals surface area (Å²) >= 11 is 1.16. The SMILES string of the molecule is CCOc1ccccc1NC(=O)Cc1ccc(S(=O)(=O)N2CCCC2)s1. The lowest BCUT2D eigenvalue weighted by molar-refractivity contribution is -0.115. The van der Waals surface area contributed by atoms with Gasteiger partial charge in [0.2, 0.25) is 5.91 Å². The van der Waals surface area contributed by atoms with Gasteiger partial charge >= 0.3 is 0 Å². The van der Waals surface area contributed by atoms with Crippen LogP contribution in [0.1, 0.15) is 24.6 Å². The summed E-state index contributed by atoms with van der Waals surface area (Å²) in [5, 5.41) is 2.83. The Balaban J connectivity index is 1.67. The third-order valence-corrected chi connectivity index (χ3v) is 7.54. The van der Waals surface area contributed by atoms with E-state index in [2.05, 4.69) is 5.32 Å². The number of thiophene rings is 1. The van der Waals surface area contributed by atoms with Gasteiger partial charge in [-0.2, -0.15) is 4.31 Å². The van der Waals surface area contributed by atoms with Gasteiger partial charge in [-0.3, -0.25) is 4.79 Å². The first kappa shape index (κ1) is 18.9. The van der Waals surface area contributed by atoms with Crippen LogP contribution in [-0.2, 0) is 21.2 Å². The fraction of sp³-hybridized carbons (Fsp3) is 0.389. The van der Waals surface area contributed by atoms with Gasteiger partial charge in [0.1, 0.15) is 9.96 Å². The Labute approximate surface area is 157 Å². The predicted molar refractivity (Wildman–Crippen MR) is 102 cm³/mol. The van der Waals surface area contributed by atoms with Gasteiger partial charge in [-0.25, -0.2) is 8.42 Å². The highest BCUT2D eigenvalue weighted by Gasteiger charge is 2.28. The second-order valence-corrected chi connectivity index (χ2v) is 9.32. The highest BCUT2D eigenvalue weighted by molar-refractivity contribution is 7.91. The lowest BCUT2D eigenvalue weighted by Crippen LogP contribution is -2.27. The number of para-hydroxylation sites is 2. The van der Waals surface area contributed by atoms with E-state index in [0.717, 1.165) is 24.2 Å². The van der Waals surface area contributed by atoms with Crippen LogP contribution in [0.2, 0.25) is 0 Å². The average molecular weight is 395 g/mol. The minimum absolute atomic E-state index is 0.126. The summed E-state index contributed by atoms with van der Waals surface area (Å²) in [7, 11) is -3.43. The molecular formula is C18H22N2O4S2. The first-order chi connectivity index (χ1) is 12.5. The Kier molecular flexibility index (Phi) is 5.95. The number of nitrogens with zero attached hydrogens (tertiary/aromatic N) is 1. The molecule has 1 amide bonds. The monoisotopic (exact) mass is 394 g/mol. The molecule has 1 aliphatic rings. The first-order valence-corrected chi connectivity index (χ1v) is 10.9. The molecule has 0 spiro atoms. The highest BCUT2D eigenvalue weighted by Crippen LogP contribution is 2.28. The van der Waals surface area contributed by atoms with Gasteiger partial charge in [-0.05, 0) is 44.0 Å². The van der Waals surface area contributed by atoms with E-state index in [1.54, 1.807) is 24.3 Å². The summed E-state index contributed by atoms with van der Waals surface area (Å²) in [5.41, 5.74) is 0.612. The van der Waals surface area contributed by atoms with Gasteiger partial charge in [0.15, 0.2) is 0 Å². The number of carbonyl (C=O) groups excluding carboxylic acids is 1. The van der Waals surface area contributed by atoms with Crippen LogP contribution in [0.5, 0.6) is 5.75 Å². The molecule has 0 atom stereocenters. The fourth-order valence-electron chi connectivity index (χ4n) is 2.85. The molecule has 0 bridgehead atoms. The molecule has 1 aliphatic heterocycles. The van der Waals surface area contributed by atoms with Crippen LogP contribution >= 0.6 is 11.3 Å². The van der Waals surface area contributed by atoms with Crippen LogP contribution in [0.4, 0.5) is 5.69 Å². The zero-order valence-electron chi connectivity index (χ0n) is 14.6. The van der Waals surface area contributed by atoms with Gasteiger partial charge in [0, 0.05) is 18.0 Å². The van der Waals surface area contributed by atoms with Gasteiger partial charge in [0.05, 0.1) is 18.7 Å². The van der Waals surface area contributed by atoms with Crippen molar-refractivity contribution in [2.24, 2.45) is 0 Å². The maximum absolute atomic E-state index is 12.6. The number of hydrogen-bond acceptors (Lipinski definition) is 5. The number of rotatable bonds is 7. The quantitative estimate of drug-likeness (QED) is 0.783. The van der Waals surface area contributed by atoms with E-state index in [9.17, 15) is 13.2 Å². The van der Waals surface area contributed by atoms with Crippen LogP contribution in [-0.4, -0.2) is 38.3 Å². The van der Waals surface area contributed by atoms with Crippen molar-refractivity contribution in [1.29, 1.82) is 0 Å². The molecule has 8 heteroatoms. The fourth-order valence-corrected chi connectivity index (χ4v) is 5.88. The second kappa shape index (κ2) is 8.20. The molecule has 26 heavy (non-hydrogen) atoms. The minimum Gasteiger partial charge on any atom is -0.492 e. The molecule has 0 unspecified atom stereocenters. The molecule has 0 radical (unpaired) electrons. The van der Waals surface area contributed by atoms with Gasteiger partial charge in [-0.15, -0.1) is 11.3 Å². The van der Waals surface area contributed by atoms with Crippen LogP contribution in [0.3, 0.4) is 0 Å². The van der Waals surface area contributed by atoms with E-state index < -0.39 is 10.0 Å². The van der Waals surface area contributed by atoms with Crippen molar-refractivity contribution >= 4 is 33.0 Å². The van der Waals surface area contributed by atoms with Crippen molar-refractivity contribution in [3.63, 3.8) is 0 Å². The van der Waals surface area contributed by atoms with E-state index in [-0.39, 0.29) is 12.3 Å². The van der Waals surface area contributed by atoms with Gasteiger partial charge in [0.25, 0.3) is 10.0 Å². The van der Waals surface area contributed by atoms with Crippen LogP contribution in [0.25, 0.3) is 0 Å². The molecule has 1 aromatic heterocycles. The smallest absolute Gasteiger partial charge is 0.252 e. The molecular weight excluding hydrogens is 372 g/mol. The Morgan fingerprint density at radius 3 is 2.65 bits per heavy atom. The average Bonchev–Trinajstić information content (AvgIpc) is 3.29. The number of anilines is 1. The van der Waals surface area contributed by atoms with E-state index in [4.69, 9.17) is 4.74 Å². The molecule has 1 aromatic carbocycles. The Hall–Kier alpha value is -1.90. The molecule has 2 heterocycles. The van der Waals surface area contributed by atoms with E-state index in [1.165, 1.54) is 4.31 Å². The van der Waals surface area contributed by atoms with Crippen molar-refractivity contribution in [2.45, 2.75) is 30.4 Å². The Bertz CT molecular complexity index is 871. The van der Waals surface area contributed by atoms with Crippen molar-refractivity contribution in [1.82, 2.24) is 4.31 Å². The van der Waals surface area contributed by atoms with E-state index >= 15 is 0 Å². The lowest BCUT2D eigenvalue weighted by atomic mass is 10.2. The van der Waals surface area contributed by atoms with E-state index in [0.29, 0.717) is 40.2 Å². The standard InChI is InChI=1S/C18H22N2O4S2/c1-2-24-16-8-4-3-7-15(16)19-17(21)13-14-9-10-18(25-14)26(22,23)20-11-5-6-12-20/h3-4,7-10H,2,5-6,11-13H2,1H3,(H,19,21). The summed E-state index contributed by atoms with van der Waals surface area (Å²) in [6.45, 7) is 3.54. The number of carbonyl (C=O) groups is 1. The van der Waals surface area contributed by atoms with Crippen molar-refractivity contribution in [3.05, 3.63) is 41.3 Å². The van der Waals surface area contributed by atoms with Crippen LogP contribution < -0.4 is 10.1 Å². The number of ether oxygens (including phenoxy) is 1. The van der Waals surface area contributed by atoms with Crippen molar-refractivity contribution in [2.75, 3.05) is 25.0 Å². The zero-order valence-corrected chi connectivity index (χ0v) is 16.2. The summed E-state index contributed by atoms with van der Waals surface area (Å²) in [6, 6.07) is 10.5. The zero-order chi connectivity index (χ0) is 18.6. The van der Waals surface area contributed by atoms with Crippen LogP contribution in [0, 0.1) is 0 Å². The molecule has 3 rings (SSSR count). The maximum Gasteiger partial charge on any atom is 0.252 e. The molecule has 1 N–H and O–H groups in total. The number of hydrogen-bond donors (Lipinski definition) is 1. The summed E-state index contributed by atoms with van der Waals surface area (Å²) in [5.74, 6) is 0.413. The van der Waals surface area contributed by atoms with E-state index in [1.807, 2.05) is 19.1 Å². The molecule has 1 fully saturated rings. The van der Waals surface area contributed by atoms with Crippen molar-refractivity contribution < 1.29 is 17.9 Å². The lowest BCUT2D eigenvalue weighted by Gasteiger charge is -2.13. The first-order valence-electron chi connectivity index (χ1n) is 8.61. The third-order valence-electron chi connectivity index (χ3n) is 4.09. The van der Waals surface area contributed by atoms with Crippen molar-refractivity contribution in [3.8, 4) is 5.75 Å². The molecule has 2 aromatic rings. The number of amides is 1. The second-order valence-electron chi connectivity index (χ2n) is 5.99. The Morgan fingerprint density at radius 2 is 1.92 bits per heavy atom. The largest absolute Gasteiger partial charge is 0.492 e. The number of sulfonamides is 1. The van der Waals surface area contributed by atoms with Gasteiger partial charge < -0.3 is 10.1 Å². The van der Waals surface area contributed by atoms with Gasteiger partial charge in [-0.1, -0.05) is 12.1 Å². The topological polar surface area (TPSA) is 75.7 Å². The minimum atomic E-state index is -3.43. The predicted octanol–water partition coefficient (Wildman–Crippen LogP) is 3.11. The summed E-state index contributed by atoms with van der Waals surface area (Å²) in [6.07, 6.45) is 1.93. The molecule has 6 nitrogen and oxygen atoms in total. The maximum atomic E-state index is 12.6. The molecule has 140 valence electrons. The Morgan fingerprint density at radius 1 is 1.19 bits per heavy atom. The normalized spacial score (nSPS) is 15.1. The highest BCUT2D eigenvalue weighted by atomic mass is 32.2. The third kappa shape index (κ3) is 4.25. The number of nitrogens with one attached hydrogen (secondary N) is 1. The summed E-state index contributed by atoms with van der Waals surface area (Å²) in [4.78, 5) is 13.1. The molecule has 0 aliphatic carbocycles. The van der Waals surface area contributed by atoms with Crippen LogP contribution in [0.15, 0.2) is 40.6 Å². The number of benzene rings is 1. The molecule has 1 saturated heterocycles. The molecule has 0 saturated carbocycles.